The molecule has 1 saturated heterocycles. The summed E-state index contributed by atoms with van der Waals surface area (Å²) in [6.45, 7) is 6.82. The predicted molar refractivity (Wildman–Crippen MR) is 89.0 cm³/mol. The highest BCUT2D eigenvalue weighted by atomic mass is 79.9. The molecule has 0 aliphatic carbocycles. The highest BCUT2D eigenvalue weighted by molar-refractivity contribution is 9.10. The van der Waals surface area contributed by atoms with Crippen LogP contribution in [0.3, 0.4) is 0 Å². The van der Waals surface area contributed by atoms with Gasteiger partial charge in [-0.3, -0.25) is 9.80 Å². The van der Waals surface area contributed by atoms with E-state index < -0.39 is 0 Å². The van der Waals surface area contributed by atoms with E-state index in [0.717, 1.165) is 39.3 Å². The lowest BCUT2D eigenvalue weighted by Crippen LogP contribution is -2.45. The Bertz CT molecular complexity index is 532. The van der Waals surface area contributed by atoms with Crippen LogP contribution in [0.5, 0.6) is 0 Å². The van der Waals surface area contributed by atoms with E-state index in [4.69, 9.17) is 0 Å². The molecule has 106 valence electrons. The lowest BCUT2D eigenvalue weighted by Gasteiger charge is -2.34. The van der Waals surface area contributed by atoms with Gasteiger partial charge in [-0.25, -0.2) is 0 Å². The molecule has 0 radical (unpaired) electrons. The Kier molecular flexibility index (Phi) is 4.89. The molecule has 0 unspecified atom stereocenters. The van der Waals surface area contributed by atoms with Crippen LogP contribution in [-0.2, 0) is 13.1 Å². The van der Waals surface area contributed by atoms with E-state index >= 15 is 0 Å². The third-order valence-electron chi connectivity index (χ3n) is 3.77. The topological polar surface area (TPSA) is 6.48 Å². The standard InChI is InChI=1S/C16H19BrN2S/c17-15-6-11-20-16(15)13-19-9-7-18(8-10-19)12-14-4-2-1-3-5-14/h1-6,11H,7-10,12-13H2. The first kappa shape index (κ1) is 14.3. The number of thiophene rings is 1. The van der Waals surface area contributed by atoms with Crippen molar-refractivity contribution < 1.29 is 0 Å². The van der Waals surface area contributed by atoms with E-state index in [9.17, 15) is 0 Å². The van der Waals surface area contributed by atoms with Gasteiger partial charge in [0.2, 0.25) is 0 Å². The maximum absolute atomic E-state index is 3.62. The van der Waals surface area contributed by atoms with Gasteiger partial charge in [0.1, 0.15) is 0 Å². The first-order chi connectivity index (χ1) is 9.81. The van der Waals surface area contributed by atoms with E-state index in [1.165, 1.54) is 14.9 Å². The molecule has 4 heteroatoms. The second kappa shape index (κ2) is 6.85. The first-order valence-corrected chi connectivity index (χ1v) is 8.69. The molecule has 0 N–H and O–H groups in total. The van der Waals surface area contributed by atoms with Crippen LogP contribution in [0.4, 0.5) is 0 Å². The molecule has 1 aliphatic heterocycles. The quantitative estimate of drug-likeness (QED) is 0.826. The van der Waals surface area contributed by atoms with Crippen molar-refractivity contribution in [3.05, 3.63) is 56.7 Å². The fourth-order valence-electron chi connectivity index (χ4n) is 2.59. The highest BCUT2D eigenvalue weighted by Gasteiger charge is 2.18. The Labute approximate surface area is 133 Å². The normalized spacial score (nSPS) is 17.4. The monoisotopic (exact) mass is 350 g/mol. The zero-order valence-electron chi connectivity index (χ0n) is 11.5. The SMILES string of the molecule is Brc1ccsc1CN1CCN(Cc2ccccc2)CC1. The number of hydrogen-bond donors (Lipinski definition) is 0. The van der Waals surface area contributed by atoms with Crippen molar-refractivity contribution in [3.63, 3.8) is 0 Å². The summed E-state index contributed by atoms with van der Waals surface area (Å²) in [6.07, 6.45) is 0. The van der Waals surface area contributed by atoms with Gasteiger partial charge in [-0.05, 0) is 32.9 Å². The lowest BCUT2D eigenvalue weighted by atomic mass is 10.2. The van der Waals surface area contributed by atoms with Gasteiger partial charge in [-0.1, -0.05) is 30.3 Å². The summed E-state index contributed by atoms with van der Waals surface area (Å²) in [7, 11) is 0. The molecule has 1 aromatic carbocycles. The molecular weight excluding hydrogens is 332 g/mol. The molecule has 0 spiro atoms. The minimum absolute atomic E-state index is 1.08. The molecule has 1 aliphatic rings. The molecule has 0 atom stereocenters. The summed E-state index contributed by atoms with van der Waals surface area (Å²) < 4.78 is 1.26. The Morgan fingerprint density at radius 1 is 0.900 bits per heavy atom. The smallest absolute Gasteiger partial charge is 0.0340 e. The van der Waals surface area contributed by atoms with Crippen molar-refractivity contribution in [2.24, 2.45) is 0 Å². The summed E-state index contributed by atoms with van der Waals surface area (Å²) in [5.74, 6) is 0. The number of halogens is 1. The van der Waals surface area contributed by atoms with E-state index in [1.807, 2.05) is 11.3 Å². The van der Waals surface area contributed by atoms with Crippen LogP contribution < -0.4 is 0 Å². The summed E-state index contributed by atoms with van der Waals surface area (Å²) in [5, 5.41) is 2.16. The Balaban J connectivity index is 1.49. The van der Waals surface area contributed by atoms with Gasteiger partial charge in [0, 0.05) is 48.6 Å². The molecule has 20 heavy (non-hydrogen) atoms. The molecule has 2 heterocycles. The fraction of sp³-hybridized carbons (Fsp3) is 0.375. The number of benzene rings is 1. The first-order valence-electron chi connectivity index (χ1n) is 7.02. The van der Waals surface area contributed by atoms with Crippen LogP contribution in [0.2, 0.25) is 0 Å². The highest BCUT2D eigenvalue weighted by Crippen LogP contribution is 2.24. The van der Waals surface area contributed by atoms with Crippen molar-refractivity contribution in [1.82, 2.24) is 9.80 Å². The van der Waals surface area contributed by atoms with Crippen LogP contribution >= 0.6 is 27.3 Å². The average molecular weight is 351 g/mol. The van der Waals surface area contributed by atoms with Crippen molar-refractivity contribution >= 4 is 27.3 Å². The van der Waals surface area contributed by atoms with Gasteiger partial charge in [0.05, 0.1) is 0 Å². The van der Waals surface area contributed by atoms with Crippen LogP contribution in [0, 0.1) is 0 Å². The maximum atomic E-state index is 3.62. The molecule has 3 rings (SSSR count). The maximum Gasteiger partial charge on any atom is 0.0340 e. The van der Waals surface area contributed by atoms with Crippen molar-refractivity contribution in [3.8, 4) is 0 Å². The fourth-order valence-corrected chi connectivity index (χ4v) is 4.11. The molecular formula is C16H19BrN2S. The molecule has 1 fully saturated rings. The van der Waals surface area contributed by atoms with E-state index in [-0.39, 0.29) is 0 Å². The van der Waals surface area contributed by atoms with Gasteiger partial charge in [0.25, 0.3) is 0 Å². The van der Waals surface area contributed by atoms with E-state index in [1.54, 1.807) is 0 Å². The number of rotatable bonds is 4. The zero-order chi connectivity index (χ0) is 13.8. The van der Waals surface area contributed by atoms with Crippen molar-refractivity contribution in [2.75, 3.05) is 26.2 Å². The number of piperazine rings is 1. The van der Waals surface area contributed by atoms with Crippen LogP contribution in [0.15, 0.2) is 46.3 Å². The summed E-state index contributed by atoms with van der Waals surface area (Å²) >= 11 is 5.47. The van der Waals surface area contributed by atoms with Gasteiger partial charge < -0.3 is 0 Å². The Hall–Kier alpha value is -0.680. The summed E-state index contributed by atoms with van der Waals surface area (Å²) in [4.78, 5) is 6.55. The summed E-state index contributed by atoms with van der Waals surface area (Å²) in [5.41, 5.74) is 1.42. The molecule has 2 aromatic rings. The molecule has 1 aromatic heterocycles. The molecule has 2 nitrogen and oxygen atoms in total. The minimum atomic E-state index is 1.08. The lowest BCUT2D eigenvalue weighted by molar-refractivity contribution is 0.122. The Morgan fingerprint density at radius 3 is 2.15 bits per heavy atom. The van der Waals surface area contributed by atoms with Gasteiger partial charge >= 0.3 is 0 Å². The van der Waals surface area contributed by atoms with Crippen molar-refractivity contribution in [2.45, 2.75) is 13.1 Å². The zero-order valence-corrected chi connectivity index (χ0v) is 13.9. The third-order valence-corrected chi connectivity index (χ3v) is 5.68. The second-order valence-corrected chi connectivity index (χ2v) is 7.08. The van der Waals surface area contributed by atoms with Crippen LogP contribution in [-0.4, -0.2) is 36.0 Å². The second-order valence-electron chi connectivity index (χ2n) is 5.23. The largest absolute Gasteiger partial charge is 0.297 e. The molecule has 0 saturated carbocycles. The van der Waals surface area contributed by atoms with Gasteiger partial charge in [0.15, 0.2) is 0 Å². The van der Waals surface area contributed by atoms with Gasteiger partial charge in [-0.2, -0.15) is 0 Å². The molecule has 0 bridgehead atoms. The average Bonchev–Trinajstić information content (AvgIpc) is 2.88. The van der Waals surface area contributed by atoms with Crippen LogP contribution in [0.1, 0.15) is 10.4 Å². The Morgan fingerprint density at radius 2 is 1.55 bits per heavy atom. The van der Waals surface area contributed by atoms with Gasteiger partial charge in [-0.15, -0.1) is 11.3 Å². The van der Waals surface area contributed by atoms with E-state index in [0.29, 0.717) is 0 Å². The summed E-state index contributed by atoms with van der Waals surface area (Å²) in [6, 6.07) is 12.9. The number of nitrogens with zero attached hydrogens (tertiary/aromatic N) is 2. The third kappa shape index (κ3) is 3.70. The van der Waals surface area contributed by atoms with Crippen LogP contribution in [0.25, 0.3) is 0 Å². The van der Waals surface area contributed by atoms with E-state index in [2.05, 4.69) is 67.5 Å². The molecule has 0 amide bonds. The predicted octanol–water partition coefficient (Wildman–Crippen LogP) is 3.83. The van der Waals surface area contributed by atoms with Crippen molar-refractivity contribution in [1.29, 1.82) is 0 Å². The number of hydrogen-bond acceptors (Lipinski definition) is 3. The minimum Gasteiger partial charge on any atom is -0.297 e.